The van der Waals surface area contributed by atoms with Gasteiger partial charge in [-0.15, -0.1) is 0 Å². The van der Waals surface area contributed by atoms with Crippen LogP contribution in [0.25, 0.3) is 0 Å². The second-order valence-electron chi connectivity index (χ2n) is 5.11. The predicted octanol–water partition coefficient (Wildman–Crippen LogP) is 2.16. The summed E-state index contributed by atoms with van der Waals surface area (Å²) in [7, 11) is 0. The predicted molar refractivity (Wildman–Crippen MR) is 60.0 cm³/mol. The Bertz CT molecular complexity index is 156. The third kappa shape index (κ3) is 3.58. The van der Waals surface area contributed by atoms with Crippen molar-refractivity contribution < 1.29 is 5.11 Å². The molecule has 0 amide bonds. The van der Waals surface area contributed by atoms with Crippen molar-refractivity contribution in [1.29, 1.82) is 0 Å². The summed E-state index contributed by atoms with van der Waals surface area (Å²) in [5, 5.41) is 9.39. The van der Waals surface area contributed by atoms with Crippen LogP contribution < -0.4 is 5.73 Å². The Morgan fingerprint density at radius 3 is 2.64 bits per heavy atom. The minimum absolute atomic E-state index is 0.194. The SMILES string of the molecule is CC(O)CC(CN)C1CCCC(C)C1. The molecule has 1 aliphatic carbocycles. The van der Waals surface area contributed by atoms with E-state index in [4.69, 9.17) is 5.73 Å². The monoisotopic (exact) mass is 199 g/mol. The largest absolute Gasteiger partial charge is 0.393 e. The molecule has 0 aromatic rings. The molecule has 1 aliphatic rings. The molecule has 2 heteroatoms. The van der Waals surface area contributed by atoms with Crippen LogP contribution in [0.5, 0.6) is 0 Å². The maximum Gasteiger partial charge on any atom is 0.0515 e. The van der Waals surface area contributed by atoms with Crippen molar-refractivity contribution in [2.45, 2.75) is 52.1 Å². The number of nitrogens with two attached hydrogens (primary N) is 1. The van der Waals surface area contributed by atoms with E-state index in [1.165, 1.54) is 25.7 Å². The van der Waals surface area contributed by atoms with Gasteiger partial charge < -0.3 is 10.8 Å². The Balaban J connectivity index is 2.42. The summed E-state index contributed by atoms with van der Waals surface area (Å²) in [6.07, 6.45) is 6.05. The van der Waals surface area contributed by atoms with Crippen LogP contribution in [0.2, 0.25) is 0 Å². The standard InChI is InChI=1S/C12H25NO/c1-9-4-3-5-11(6-9)12(8-13)7-10(2)14/h9-12,14H,3-8,13H2,1-2H3. The highest BCUT2D eigenvalue weighted by Gasteiger charge is 2.26. The van der Waals surface area contributed by atoms with Crippen molar-refractivity contribution in [3.05, 3.63) is 0 Å². The third-order valence-corrected chi connectivity index (χ3v) is 3.59. The van der Waals surface area contributed by atoms with E-state index in [1.807, 2.05) is 6.92 Å². The quantitative estimate of drug-likeness (QED) is 0.729. The summed E-state index contributed by atoms with van der Waals surface area (Å²) in [6.45, 7) is 4.94. The molecule has 0 aromatic heterocycles. The van der Waals surface area contributed by atoms with Gasteiger partial charge in [0.25, 0.3) is 0 Å². The summed E-state index contributed by atoms with van der Waals surface area (Å²) in [4.78, 5) is 0. The van der Waals surface area contributed by atoms with Crippen molar-refractivity contribution in [2.24, 2.45) is 23.5 Å². The molecule has 1 fully saturated rings. The molecular weight excluding hydrogens is 174 g/mol. The van der Waals surface area contributed by atoms with Gasteiger partial charge in [0, 0.05) is 0 Å². The van der Waals surface area contributed by atoms with Gasteiger partial charge in [0.15, 0.2) is 0 Å². The highest BCUT2D eigenvalue weighted by atomic mass is 16.3. The first-order chi connectivity index (χ1) is 6.63. The van der Waals surface area contributed by atoms with E-state index in [0.29, 0.717) is 5.92 Å². The van der Waals surface area contributed by atoms with Crippen molar-refractivity contribution in [2.75, 3.05) is 6.54 Å². The fourth-order valence-corrected chi connectivity index (χ4v) is 2.83. The van der Waals surface area contributed by atoms with Crippen LogP contribution in [0, 0.1) is 17.8 Å². The Morgan fingerprint density at radius 1 is 1.43 bits per heavy atom. The van der Waals surface area contributed by atoms with Crippen molar-refractivity contribution in [3.8, 4) is 0 Å². The van der Waals surface area contributed by atoms with Crippen molar-refractivity contribution in [1.82, 2.24) is 0 Å². The minimum Gasteiger partial charge on any atom is -0.393 e. The zero-order valence-corrected chi connectivity index (χ0v) is 9.58. The lowest BCUT2D eigenvalue weighted by Gasteiger charge is -2.33. The van der Waals surface area contributed by atoms with Gasteiger partial charge in [-0.1, -0.05) is 26.2 Å². The first-order valence-corrected chi connectivity index (χ1v) is 6.01. The molecule has 84 valence electrons. The average molecular weight is 199 g/mol. The minimum atomic E-state index is -0.194. The lowest BCUT2D eigenvalue weighted by atomic mass is 9.74. The van der Waals surface area contributed by atoms with Crippen LogP contribution in [-0.2, 0) is 0 Å². The lowest BCUT2D eigenvalue weighted by Crippen LogP contribution is -2.30. The first kappa shape index (κ1) is 12.0. The number of hydrogen-bond acceptors (Lipinski definition) is 2. The summed E-state index contributed by atoms with van der Waals surface area (Å²) in [5.41, 5.74) is 5.79. The fraction of sp³-hybridized carbons (Fsp3) is 1.00. The molecule has 3 N–H and O–H groups in total. The highest BCUT2D eigenvalue weighted by Crippen LogP contribution is 2.34. The molecule has 0 bridgehead atoms. The summed E-state index contributed by atoms with van der Waals surface area (Å²) in [5.74, 6) is 2.16. The molecule has 14 heavy (non-hydrogen) atoms. The van der Waals surface area contributed by atoms with Gasteiger partial charge in [-0.3, -0.25) is 0 Å². The van der Waals surface area contributed by atoms with Crippen LogP contribution >= 0.6 is 0 Å². The summed E-state index contributed by atoms with van der Waals surface area (Å²) in [6, 6.07) is 0. The van der Waals surface area contributed by atoms with Gasteiger partial charge in [-0.25, -0.2) is 0 Å². The molecule has 4 unspecified atom stereocenters. The molecule has 1 rings (SSSR count). The van der Waals surface area contributed by atoms with Gasteiger partial charge in [0.05, 0.1) is 6.10 Å². The molecule has 0 spiro atoms. The molecule has 4 atom stereocenters. The maximum atomic E-state index is 9.39. The first-order valence-electron chi connectivity index (χ1n) is 6.01. The average Bonchev–Trinajstić information content (AvgIpc) is 2.14. The second kappa shape index (κ2) is 5.72. The molecule has 1 saturated carbocycles. The van der Waals surface area contributed by atoms with E-state index in [1.54, 1.807) is 0 Å². The van der Waals surface area contributed by atoms with Gasteiger partial charge >= 0.3 is 0 Å². The Hall–Kier alpha value is -0.0800. The lowest BCUT2D eigenvalue weighted by molar-refractivity contribution is 0.119. The third-order valence-electron chi connectivity index (χ3n) is 3.59. The second-order valence-corrected chi connectivity index (χ2v) is 5.11. The number of rotatable bonds is 4. The van der Waals surface area contributed by atoms with E-state index < -0.39 is 0 Å². The van der Waals surface area contributed by atoms with Crippen molar-refractivity contribution >= 4 is 0 Å². The highest BCUT2D eigenvalue weighted by molar-refractivity contribution is 4.78. The van der Waals surface area contributed by atoms with E-state index in [0.717, 1.165) is 24.8 Å². The number of aliphatic hydroxyl groups excluding tert-OH is 1. The van der Waals surface area contributed by atoms with Gasteiger partial charge in [0.1, 0.15) is 0 Å². The molecule has 2 nitrogen and oxygen atoms in total. The van der Waals surface area contributed by atoms with E-state index in [2.05, 4.69) is 6.92 Å². The Morgan fingerprint density at radius 2 is 2.14 bits per heavy atom. The van der Waals surface area contributed by atoms with E-state index in [9.17, 15) is 5.11 Å². The fourth-order valence-electron chi connectivity index (χ4n) is 2.83. The van der Waals surface area contributed by atoms with Crippen LogP contribution in [0.4, 0.5) is 0 Å². The molecule has 0 radical (unpaired) electrons. The van der Waals surface area contributed by atoms with Gasteiger partial charge in [-0.05, 0) is 44.1 Å². The zero-order chi connectivity index (χ0) is 10.6. The maximum absolute atomic E-state index is 9.39. The molecule has 0 heterocycles. The van der Waals surface area contributed by atoms with E-state index >= 15 is 0 Å². The van der Waals surface area contributed by atoms with Gasteiger partial charge in [0.2, 0.25) is 0 Å². The molecule has 0 aliphatic heterocycles. The molecule has 0 saturated heterocycles. The number of hydrogen-bond donors (Lipinski definition) is 2. The summed E-state index contributed by atoms with van der Waals surface area (Å²) < 4.78 is 0. The van der Waals surface area contributed by atoms with Crippen LogP contribution in [0.3, 0.4) is 0 Å². The number of aliphatic hydroxyl groups is 1. The zero-order valence-electron chi connectivity index (χ0n) is 9.58. The summed E-state index contributed by atoms with van der Waals surface area (Å²) >= 11 is 0. The van der Waals surface area contributed by atoms with Gasteiger partial charge in [-0.2, -0.15) is 0 Å². The van der Waals surface area contributed by atoms with Crippen LogP contribution in [0.1, 0.15) is 46.0 Å². The van der Waals surface area contributed by atoms with E-state index in [-0.39, 0.29) is 6.10 Å². The van der Waals surface area contributed by atoms with Crippen LogP contribution in [-0.4, -0.2) is 17.8 Å². The van der Waals surface area contributed by atoms with Crippen molar-refractivity contribution in [3.63, 3.8) is 0 Å². The Kier molecular flexibility index (Phi) is 4.90. The van der Waals surface area contributed by atoms with Crippen LogP contribution in [0.15, 0.2) is 0 Å². The Labute approximate surface area is 87.9 Å². The normalized spacial score (nSPS) is 32.6. The topological polar surface area (TPSA) is 46.2 Å². The smallest absolute Gasteiger partial charge is 0.0515 e. The molecule has 0 aromatic carbocycles. The molecular formula is C12H25NO.